The lowest BCUT2D eigenvalue weighted by Gasteiger charge is -2.30. The van der Waals surface area contributed by atoms with E-state index in [0.29, 0.717) is 38.3 Å². The molecule has 40 heavy (non-hydrogen) atoms. The summed E-state index contributed by atoms with van der Waals surface area (Å²) in [5.41, 5.74) is 1.72. The molecule has 1 fully saturated rings. The van der Waals surface area contributed by atoms with Crippen molar-refractivity contribution in [3.63, 3.8) is 0 Å². The van der Waals surface area contributed by atoms with Gasteiger partial charge in [0.05, 0.1) is 23.7 Å². The van der Waals surface area contributed by atoms with E-state index in [0.717, 1.165) is 11.3 Å². The molecule has 2 aliphatic heterocycles. The van der Waals surface area contributed by atoms with E-state index >= 15 is 0 Å². The second kappa shape index (κ2) is 10.7. The molecule has 0 bridgehead atoms. The Morgan fingerprint density at radius 3 is 2.42 bits per heavy atom. The van der Waals surface area contributed by atoms with Crippen LogP contribution in [0.3, 0.4) is 0 Å². The van der Waals surface area contributed by atoms with E-state index in [1.807, 2.05) is 18.2 Å². The first-order valence-corrected chi connectivity index (χ1v) is 14.1. The van der Waals surface area contributed by atoms with Gasteiger partial charge < -0.3 is 19.8 Å². The molecule has 0 radical (unpaired) electrons. The van der Waals surface area contributed by atoms with Gasteiger partial charge in [0.2, 0.25) is 11.8 Å². The van der Waals surface area contributed by atoms with Gasteiger partial charge in [-0.25, -0.2) is 4.90 Å². The number of rotatable bonds is 7. The summed E-state index contributed by atoms with van der Waals surface area (Å²) in [6.45, 7) is -0.280. The Morgan fingerprint density at radius 2 is 1.68 bits per heavy atom. The molecule has 6 rings (SSSR count). The number of amides is 3. The Balaban J connectivity index is 1.31. The molecule has 9 nitrogen and oxygen atoms in total. The highest BCUT2D eigenvalue weighted by Gasteiger charge is 2.56. The molecule has 1 aromatic heterocycles. The molecule has 1 saturated heterocycles. The number of nitrogens with zero attached hydrogens (tertiary/aromatic N) is 1. The number of anilines is 2. The molecule has 3 atom stereocenters. The first-order valence-electron chi connectivity index (χ1n) is 12.4. The van der Waals surface area contributed by atoms with Crippen LogP contribution in [0, 0.1) is 5.92 Å². The van der Waals surface area contributed by atoms with E-state index in [1.54, 1.807) is 67.8 Å². The number of aromatic amines is 1. The number of H-pyrrole nitrogens is 1. The monoisotopic (exact) mass is 573 g/mol. The maximum Gasteiger partial charge on any atom is 0.305 e. The normalized spacial score (nSPS) is 19.6. The number of hydrogen-bond acceptors (Lipinski definition) is 8. The van der Waals surface area contributed by atoms with Crippen molar-refractivity contribution in [2.45, 2.75) is 16.2 Å². The maximum absolute atomic E-state index is 13.9. The summed E-state index contributed by atoms with van der Waals surface area (Å²) in [5.74, 6) is -1.34. The number of carbonyl (C=O) groups excluding carboxylic acids is 3. The predicted octanol–water partition coefficient (Wildman–Crippen LogP) is 4.26. The first-order chi connectivity index (χ1) is 19.4. The molecule has 4 aromatic rings. The number of methoxy groups -OCH3 is 1. The van der Waals surface area contributed by atoms with Crippen molar-refractivity contribution in [2.75, 3.05) is 23.9 Å². The van der Waals surface area contributed by atoms with Crippen molar-refractivity contribution in [1.29, 1.82) is 0 Å². The topological polar surface area (TPSA) is 118 Å². The van der Waals surface area contributed by atoms with E-state index in [2.05, 4.69) is 10.3 Å². The summed E-state index contributed by atoms with van der Waals surface area (Å²) in [6, 6.07) is 22.9. The standard InChI is InChI=1S/C29H23N3O6S2/c1-37-18-13-11-16(12-14-18)30-21(33)15-38-20-10-6-5-9-19(20)22-23-25(39-26-24(22)40-29(36)31-26)28(35)32(27(23)34)17-7-3-2-4-8-17/h2-14,22-23,25H,15H2,1H3,(H,30,33)(H,31,36)/t22-,23?,25?/m1/s1. The van der Waals surface area contributed by atoms with Crippen molar-refractivity contribution in [2.24, 2.45) is 5.92 Å². The zero-order chi connectivity index (χ0) is 27.8. The van der Waals surface area contributed by atoms with Crippen LogP contribution in [0.5, 0.6) is 11.5 Å². The number of carbonyl (C=O) groups is 3. The quantitative estimate of drug-likeness (QED) is 0.317. The van der Waals surface area contributed by atoms with Gasteiger partial charge in [0.25, 0.3) is 5.91 Å². The molecule has 0 spiro atoms. The Bertz CT molecular complexity index is 1650. The van der Waals surface area contributed by atoms with Gasteiger partial charge in [0, 0.05) is 22.0 Å². The number of ether oxygens (including phenoxy) is 2. The molecule has 2 N–H and O–H groups in total. The Morgan fingerprint density at radius 1 is 0.950 bits per heavy atom. The van der Waals surface area contributed by atoms with Crippen LogP contribution in [0.15, 0.2) is 88.7 Å². The number of hydrogen-bond donors (Lipinski definition) is 2. The lowest BCUT2D eigenvalue weighted by atomic mass is 9.82. The minimum Gasteiger partial charge on any atom is -0.497 e. The van der Waals surface area contributed by atoms with Gasteiger partial charge in [-0.2, -0.15) is 0 Å². The number of aromatic nitrogens is 1. The highest BCUT2D eigenvalue weighted by molar-refractivity contribution is 8.00. The van der Waals surface area contributed by atoms with Crippen LogP contribution in [-0.2, 0) is 14.4 Å². The van der Waals surface area contributed by atoms with E-state index in [4.69, 9.17) is 9.47 Å². The van der Waals surface area contributed by atoms with Crippen molar-refractivity contribution in [1.82, 2.24) is 4.98 Å². The summed E-state index contributed by atoms with van der Waals surface area (Å²) < 4.78 is 11.1. The second-order valence-electron chi connectivity index (χ2n) is 9.20. The second-order valence-corrected chi connectivity index (χ2v) is 11.4. The third-order valence-electron chi connectivity index (χ3n) is 6.82. The van der Waals surface area contributed by atoms with Crippen molar-refractivity contribution in [3.8, 4) is 11.5 Å². The molecule has 0 aliphatic carbocycles. The SMILES string of the molecule is COc1ccc(NC(=O)COc2ccccc2[C@H]2c3sc(=O)[nH]c3SC3C(=O)N(c4ccccc4)C(=O)C32)cc1. The summed E-state index contributed by atoms with van der Waals surface area (Å²) >= 11 is 2.24. The average Bonchev–Trinajstić information content (AvgIpc) is 3.47. The van der Waals surface area contributed by atoms with Crippen LogP contribution >= 0.6 is 23.1 Å². The Kier molecular flexibility index (Phi) is 6.91. The molecule has 2 unspecified atom stereocenters. The number of nitrogens with one attached hydrogen (secondary N) is 2. The van der Waals surface area contributed by atoms with Crippen LogP contribution in [0.1, 0.15) is 16.4 Å². The summed E-state index contributed by atoms with van der Waals surface area (Å²) in [4.78, 5) is 57.0. The average molecular weight is 574 g/mol. The van der Waals surface area contributed by atoms with Gasteiger partial charge in [-0.3, -0.25) is 19.2 Å². The van der Waals surface area contributed by atoms with Gasteiger partial charge in [-0.15, -0.1) is 0 Å². The Hall–Kier alpha value is -4.35. The number of thiazole rings is 1. The molecule has 0 saturated carbocycles. The van der Waals surface area contributed by atoms with Gasteiger partial charge >= 0.3 is 4.87 Å². The molecule has 11 heteroatoms. The zero-order valence-corrected chi connectivity index (χ0v) is 22.8. The van der Waals surface area contributed by atoms with Crippen molar-refractivity contribution in [3.05, 3.63) is 99.0 Å². The van der Waals surface area contributed by atoms with Crippen LogP contribution in [-0.4, -0.2) is 41.7 Å². The number of para-hydroxylation sites is 2. The van der Waals surface area contributed by atoms with Gasteiger partial charge in [0.15, 0.2) is 6.61 Å². The molecule has 2 aliphatic rings. The Labute approximate surface area is 237 Å². The van der Waals surface area contributed by atoms with Crippen LogP contribution < -0.4 is 24.6 Å². The first kappa shape index (κ1) is 25.9. The fourth-order valence-electron chi connectivity index (χ4n) is 5.07. The summed E-state index contributed by atoms with van der Waals surface area (Å²) in [7, 11) is 1.56. The predicted molar refractivity (Wildman–Crippen MR) is 152 cm³/mol. The highest BCUT2D eigenvalue weighted by atomic mass is 32.2. The molecular formula is C29H23N3O6S2. The van der Waals surface area contributed by atoms with E-state index < -0.39 is 17.1 Å². The van der Waals surface area contributed by atoms with Crippen LogP contribution in [0.4, 0.5) is 11.4 Å². The van der Waals surface area contributed by atoms with Crippen LogP contribution in [0.25, 0.3) is 0 Å². The van der Waals surface area contributed by atoms with Gasteiger partial charge in [-0.1, -0.05) is 59.5 Å². The third kappa shape index (κ3) is 4.67. The van der Waals surface area contributed by atoms with E-state index in [-0.39, 0.29) is 29.2 Å². The number of imide groups is 1. The summed E-state index contributed by atoms with van der Waals surface area (Å²) in [6.07, 6.45) is 0. The molecule has 202 valence electrons. The lowest BCUT2D eigenvalue weighted by Crippen LogP contribution is -2.32. The largest absolute Gasteiger partial charge is 0.497 e. The number of fused-ring (bicyclic) bond motifs is 2. The zero-order valence-electron chi connectivity index (χ0n) is 21.2. The lowest BCUT2D eigenvalue weighted by molar-refractivity contribution is -0.122. The highest BCUT2D eigenvalue weighted by Crippen LogP contribution is 2.54. The molecular weight excluding hydrogens is 550 g/mol. The third-order valence-corrected chi connectivity index (χ3v) is 9.23. The molecule has 3 aromatic carbocycles. The van der Waals surface area contributed by atoms with Gasteiger partial charge in [0.1, 0.15) is 16.7 Å². The fraction of sp³-hybridized carbons (Fsp3) is 0.172. The van der Waals surface area contributed by atoms with E-state index in [9.17, 15) is 19.2 Å². The molecule has 3 heterocycles. The van der Waals surface area contributed by atoms with Gasteiger partial charge in [-0.05, 0) is 42.5 Å². The summed E-state index contributed by atoms with van der Waals surface area (Å²) in [5, 5.41) is 2.64. The van der Waals surface area contributed by atoms with Crippen molar-refractivity contribution >= 4 is 52.2 Å². The minimum absolute atomic E-state index is 0.264. The fourth-order valence-corrected chi connectivity index (χ4v) is 7.57. The van der Waals surface area contributed by atoms with Crippen molar-refractivity contribution < 1.29 is 23.9 Å². The number of thioether (sulfide) groups is 1. The smallest absolute Gasteiger partial charge is 0.305 e. The maximum atomic E-state index is 13.9. The van der Waals surface area contributed by atoms with Crippen LogP contribution in [0.2, 0.25) is 0 Å². The minimum atomic E-state index is -0.755. The molecule has 3 amide bonds. The van der Waals surface area contributed by atoms with E-state index in [1.165, 1.54) is 16.7 Å². The number of benzene rings is 3.